The van der Waals surface area contributed by atoms with E-state index < -0.39 is 0 Å². The fraction of sp³-hybridized carbons (Fsp3) is 0.600. The third kappa shape index (κ3) is 2.70. The first-order chi connectivity index (χ1) is 8.33. The highest BCUT2D eigenvalue weighted by atomic mass is 15.1. The van der Waals surface area contributed by atoms with Gasteiger partial charge in [0.1, 0.15) is 0 Å². The van der Waals surface area contributed by atoms with Crippen LogP contribution < -0.4 is 5.73 Å². The normalized spacial score (nSPS) is 22.2. The van der Waals surface area contributed by atoms with Crippen molar-refractivity contribution in [3.63, 3.8) is 0 Å². The molecular weight excluding hydrogens is 208 g/mol. The summed E-state index contributed by atoms with van der Waals surface area (Å²) in [4.78, 5) is 2.56. The maximum Gasteiger partial charge on any atom is 0.0236 e. The van der Waals surface area contributed by atoms with Crippen LogP contribution in [0.5, 0.6) is 0 Å². The third-order valence-corrected chi connectivity index (χ3v) is 4.22. The standard InChI is InChI=1S/C15H22N2/c16-15(13-5-6-13)8-10-17-9-7-12-3-1-2-4-14(12)11-17/h1-4,13,15H,5-11,16H2. The minimum atomic E-state index is 0.451. The molecule has 1 aromatic carbocycles. The van der Waals surface area contributed by atoms with Gasteiger partial charge in [-0.2, -0.15) is 0 Å². The van der Waals surface area contributed by atoms with Gasteiger partial charge in [-0.25, -0.2) is 0 Å². The zero-order valence-electron chi connectivity index (χ0n) is 10.4. The molecule has 17 heavy (non-hydrogen) atoms. The second kappa shape index (κ2) is 4.79. The van der Waals surface area contributed by atoms with Crippen LogP contribution in [-0.2, 0) is 13.0 Å². The van der Waals surface area contributed by atoms with Crippen LogP contribution in [-0.4, -0.2) is 24.0 Å². The fourth-order valence-corrected chi connectivity index (χ4v) is 2.84. The lowest BCUT2D eigenvalue weighted by Gasteiger charge is -2.29. The number of benzene rings is 1. The maximum absolute atomic E-state index is 6.16. The number of fused-ring (bicyclic) bond motifs is 1. The maximum atomic E-state index is 6.16. The Kier molecular flexibility index (Phi) is 3.17. The summed E-state index contributed by atoms with van der Waals surface area (Å²) in [5.41, 5.74) is 9.21. The number of nitrogens with two attached hydrogens (primary N) is 1. The zero-order valence-corrected chi connectivity index (χ0v) is 10.4. The molecule has 1 aromatic rings. The number of hydrogen-bond acceptors (Lipinski definition) is 2. The van der Waals surface area contributed by atoms with Gasteiger partial charge < -0.3 is 5.73 Å². The highest BCUT2D eigenvalue weighted by molar-refractivity contribution is 5.28. The summed E-state index contributed by atoms with van der Waals surface area (Å²) < 4.78 is 0. The van der Waals surface area contributed by atoms with Crippen LogP contribution in [0, 0.1) is 5.92 Å². The molecule has 2 N–H and O–H groups in total. The summed E-state index contributed by atoms with van der Waals surface area (Å²) in [5, 5.41) is 0. The van der Waals surface area contributed by atoms with E-state index in [0.717, 1.165) is 12.5 Å². The molecule has 0 amide bonds. The van der Waals surface area contributed by atoms with Gasteiger partial charge in [0.25, 0.3) is 0 Å². The van der Waals surface area contributed by atoms with Gasteiger partial charge in [-0.1, -0.05) is 24.3 Å². The highest BCUT2D eigenvalue weighted by Crippen LogP contribution is 2.33. The average Bonchev–Trinajstić information content (AvgIpc) is 3.20. The molecule has 0 radical (unpaired) electrons. The number of rotatable bonds is 4. The van der Waals surface area contributed by atoms with E-state index >= 15 is 0 Å². The Hall–Kier alpha value is -0.860. The minimum absolute atomic E-state index is 0.451. The van der Waals surface area contributed by atoms with Crippen molar-refractivity contribution in [3.8, 4) is 0 Å². The van der Waals surface area contributed by atoms with Crippen LogP contribution in [0.3, 0.4) is 0 Å². The molecule has 0 spiro atoms. The van der Waals surface area contributed by atoms with Crippen LogP contribution in [0.2, 0.25) is 0 Å². The molecule has 1 fully saturated rings. The molecule has 1 saturated carbocycles. The highest BCUT2D eigenvalue weighted by Gasteiger charge is 2.28. The van der Waals surface area contributed by atoms with E-state index in [1.165, 1.54) is 49.9 Å². The first kappa shape index (κ1) is 11.2. The zero-order chi connectivity index (χ0) is 11.7. The van der Waals surface area contributed by atoms with Gasteiger partial charge in [-0.3, -0.25) is 4.90 Å². The van der Waals surface area contributed by atoms with Crippen LogP contribution in [0.1, 0.15) is 30.4 Å². The second-order valence-electron chi connectivity index (χ2n) is 5.58. The summed E-state index contributed by atoms with van der Waals surface area (Å²) in [7, 11) is 0. The van der Waals surface area contributed by atoms with Gasteiger partial charge in [0, 0.05) is 19.1 Å². The molecule has 92 valence electrons. The van der Waals surface area contributed by atoms with Crippen LogP contribution in [0.4, 0.5) is 0 Å². The number of nitrogens with zero attached hydrogens (tertiary/aromatic N) is 1. The van der Waals surface area contributed by atoms with Gasteiger partial charge in [0.05, 0.1) is 0 Å². The van der Waals surface area contributed by atoms with E-state index in [9.17, 15) is 0 Å². The van der Waals surface area contributed by atoms with Gasteiger partial charge in [0.2, 0.25) is 0 Å². The SMILES string of the molecule is NC(CCN1CCc2ccccc2C1)C1CC1. The Morgan fingerprint density at radius 2 is 2.00 bits per heavy atom. The molecule has 0 bridgehead atoms. The molecule has 0 aromatic heterocycles. The summed E-state index contributed by atoms with van der Waals surface area (Å²) >= 11 is 0. The van der Waals surface area contributed by atoms with E-state index in [4.69, 9.17) is 5.73 Å². The van der Waals surface area contributed by atoms with Crippen molar-refractivity contribution >= 4 is 0 Å². The fourth-order valence-electron chi connectivity index (χ4n) is 2.84. The molecule has 0 saturated heterocycles. The van der Waals surface area contributed by atoms with E-state index in [2.05, 4.69) is 29.2 Å². The lowest BCUT2D eigenvalue weighted by Crippen LogP contribution is -2.35. The summed E-state index contributed by atoms with van der Waals surface area (Å²) in [6.07, 6.45) is 5.11. The van der Waals surface area contributed by atoms with Crippen LogP contribution in [0.25, 0.3) is 0 Å². The van der Waals surface area contributed by atoms with Crippen molar-refractivity contribution < 1.29 is 0 Å². The molecule has 1 unspecified atom stereocenters. The van der Waals surface area contributed by atoms with Crippen molar-refractivity contribution in [2.45, 2.75) is 38.3 Å². The van der Waals surface area contributed by atoms with Crippen LogP contribution >= 0.6 is 0 Å². The van der Waals surface area contributed by atoms with Gasteiger partial charge in [-0.05, 0) is 49.3 Å². The second-order valence-corrected chi connectivity index (χ2v) is 5.58. The van der Waals surface area contributed by atoms with Crippen molar-refractivity contribution in [2.24, 2.45) is 11.7 Å². The lowest BCUT2D eigenvalue weighted by molar-refractivity contribution is 0.241. The van der Waals surface area contributed by atoms with E-state index in [0.29, 0.717) is 6.04 Å². The Balaban J connectivity index is 1.53. The number of hydrogen-bond donors (Lipinski definition) is 1. The molecule has 1 heterocycles. The Labute approximate surface area is 104 Å². The predicted octanol–water partition coefficient (Wildman–Crippen LogP) is 2.17. The Morgan fingerprint density at radius 3 is 2.76 bits per heavy atom. The smallest absolute Gasteiger partial charge is 0.0236 e. The monoisotopic (exact) mass is 230 g/mol. The molecule has 3 rings (SSSR count). The molecule has 1 atom stereocenters. The van der Waals surface area contributed by atoms with Crippen molar-refractivity contribution in [3.05, 3.63) is 35.4 Å². The van der Waals surface area contributed by atoms with Crippen molar-refractivity contribution in [2.75, 3.05) is 13.1 Å². The van der Waals surface area contributed by atoms with E-state index in [-0.39, 0.29) is 0 Å². The predicted molar refractivity (Wildman–Crippen MR) is 70.7 cm³/mol. The molecule has 1 aliphatic heterocycles. The lowest BCUT2D eigenvalue weighted by atomic mass is 9.99. The largest absolute Gasteiger partial charge is 0.327 e. The molecule has 2 aliphatic rings. The quantitative estimate of drug-likeness (QED) is 0.859. The summed E-state index contributed by atoms with van der Waals surface area (Å²) in [6, 6.07) is 9.29. The van der Waals surface area contributed by atoms with Gasteiger partial charge >= 0.3 is 0 Å². The van der Waals surface area contributed by atoms with E-state index in [1.807, 2.05) is 0 Å². The topological polar surface area (TPSA) is 29.3 Å². The molecule has 2 heteroatoms. The van der Waals surface area contributed by atoms with Crippen molar-refractivity contribution in [1.29, 1.82) is 0 Å². The van der Waals surface area contributed by atoms with Crippen LogP contribution in [0.15, 0.2) is 24.3 Å². The molecule has 2 nitrogen and oxygen atoms in total. The minimum Gasteiger partial charge on any atom is -0.327 e. The summed E-state index contributed by atoms with van der Waals surface area (Å²) in [5.74, 6) is 0.840. The molecular formula is C15H22N2. The average molecular weight is 230 g/mol. The first-order valence-electron chi connectivity index (χ1n) is 6.87. The Morgan fingerprint density at radius 1 is 1.24 bits per heavy atom. The Bertz CT molecular complexity index is 384. The third-order valence-electron chi connectivity index (χ3n) is 4.22. The van der Waals surface area contributed by atoms with Crippen molar-refractivity contribution in [1.82, 2.24) is 4.90 Å². The summed E-state index contributed by atoms with van der Waals surface area (Å²) in [6.45, 7) is 3.49. The first-order valence-corrected chi connectivity index (χ1v) is 6.87. The molecule has 1 aliphatic carbocycles. The van der Waals surface area contributed by atoms with E-state index in [1.54, 1.807) is 0 Å². The van der Waals surface area contributed by atoms with Gasteiger partial charge in [-0.15, -0.1) is 0 Å². The van der Waals surface area contributed by atoms with Gasteiger partial charge in [0.15, 0.2) is 0 Å².